The second-order valence-corrected chi connectivity index (χ2v) is 7.04. The number of aliphatic hydroxyl groups excluding tert-OH is 1. The molecule has 0 aromatic rings. The van der Waals surface area contributed by atoms with E-state index in [0.29, 0.717) is 6.42 Å². The molecule has 0 rings (SSSR count). The van der Waals surface area contributed by atoms with E-state index in [1.54, 1.807) is 0 Å². The quantitative estimate of drug-likeness (QED) is 0.134. The summed E-state index contributed by atoms with van der Waals surface area (Å²) in [5, 5.41) is 17.6. The van der Waals surface area contributed by atoms with E-state index in [1.807, 2.05) is 0 Å². The van der Waals surface area contributed by atoms with Crippen LogP contribution in [0.3, 0.4) is 0 Å². The summed E-state index contributed by atoms with van der Waals surface area (Å²) in [5.41, 5.74) is 0. The Balaban J connectivity index is 0. The molecule has 0 saturated heterocycles. The highest BCUT2D eigenvalue weighted by atomic mass is 31.1. The second-order valence-electron chi connectivity index (χ2n) is 6.47. The van der Waals surface area contributed by atoms with Crippen molar-refractivity contribution in [1.29, 1.82) is 0 Å². The first-order valence-electron chi connectivity index (χ1n) is 9.76. The second kappa shape index (κ2) is 20.5. The Hall–Kier alpha value is -1.28. The van der Waals surface area contributed by atoms with Crippen LogP contribution in [0.15, 0.2) is 0 Å². The minimum atomic E-state index is -3.13. The van der Waals surface area contributed by atoms with E-state index in [-0.39, 0.29) is 6.42 Å². The summed E-state index contributed by atoms with van der Waals surface area (Å²) >= 11 is 0. The van der Waals surface area contributed by atoms with E-state index >= 15 is 0 Å². The van der Waals surface area contributed by atoms with Crippen LogP contribution in [0.25, 0.3) is 0 Å². The number of carbonyl (C=O) groups is 3. The maximum atomic E-state index is 11.4. The highest BCUT2D eigenvalue weighted by Gasteiger charge is 2.22. The zero-order valence-corrected chi connectivity index (χ0v) is 17.6. The number of hydrogen-bond acceptors (Lipinski definition) is 6. The van der Waals surface area contributed by atoms with Gasteiger partial charge in [-0.2, -0.15) is 0 Å². The Bertz CT molecular complexity index is 450. The third kappa shape index (κ3) is 24.7. The van der Waals surface area contributed by atoms with E-state index in [0.717, 1.165) is 19.3 Å². The largest absolute Gasteiger partial charge is 0.481 e. The topological polar surface area (TPSA) is 158 Å². The molecular formula is C18H35O9P. The third-order valence-electron chi connectivity index (χ3n) is 3.84. The SMILES string of the molecule is CCCCCCCCCCCCCC(=O)OC(=O)C(O)CC(=O)O.O=[PH](O)O. The summed E-state index contributed by atoms with van der Waals surface area (Å²) in [7, 11) is -3.13. The maximum absolute atomic E-state index is 11.4. The van der Waals surface area contributed by atoms with Crippen molar-refractivity contribution >= 4 is 26.2 Å². The molecule has 28 heavy (non-hydrogen) atoms. The molecule has 9 nitrogen and oxygen atoms in total. The number of hydrogen-bond donors (Lipinski definition) is 4. The predicted molar refractivity (Wildman–Crippen MR) is 104 cm³/mol. The van der Waals surface area contributed by atoms with Crippen molar-refractivity contribution in [3.05, 3.63) is 0 Å². The lowest BCUT2D eigenvalue weighted by molar-refractivity contribution is -0.168. The van der Waals surface area contributed by atoms with Crippen LogP contribution in [-0.4, -0.2) is 44.0 Å². The molecule has 1 unspecified atom stereocenters. The number of unbranched alkanes of at least 4 members (excludes halogenated alkanes) is 10. The van der Waals surface area contributed by atoms with Gasteiger partial charge in [0.1, 0.15) is 0 Å². The van der Waals surface area contributed by atoms with Crippen molar-refractivity contribution in [1.82, 2.24) is 0 Å². The van der Waals surface area contributed by atoms with Gasteiger partial charge in [0.2, 0.25) is 0 Å². The maximum Gasteiger partial charge on any atom is 0.343 e. The van der Waals surface area contributed by atoms with Gasteiger partial charge >= 0.3 is 26.2 Å². The highest BCUT2D eigenvalue weighted by molar-refractivity contribution is 7.30. The summed E-state index contributed by atoms with van der Waals surface area (Å²) in [5.74, 6) is -3.22. The van der Waals surface area contributed by atoms with Crippen molar-refractivity contribution in [2.24, 2.45) is 0 Å². The van der Waals surface area contributed by atoms with E-state index in [4.69, 9.17) is 19.5 Å². The molecule has 0 bridgehead atoms. The first-order chi connectivity index (χ1) is 13.2. The van der Waals surface area contributed by atoms with Gasteiger partial charge in [-0.25, -0.2) is 4.79 Å². The van der Waals surface area contributed by atoms with Crippen LogP contribution < -0.4 is 0 Å². The van der Waals surface area contributed by atoms with Crippen LogP contribution in [-0.2, 0) is 23.7 Å². The van der Waals surface area contributed by atoms with Crippen LogP contribution >= 0.6 is 8.25 Å². The zero-order valence-electron chi connectivity index (χ0n) is 16.6. The molecule has 0 aliphatic rings. The van der Waals surface area contributed by atoms with Crippen molar-refractivity contribution in [2.45, 2.75) is 96.5 Å². The Morgan fingerprint density at radius 3 is 1.64 bits per heavy atom. The average molecular weight is 426 g/mol. The number of aliphatic hydroxyl groups is 1. The number of esters is 2. The predicted octanol–water partition coefficient (Wildman–Crippen LogP) is 2.95. The van der Waals surface area contributed by atoms with Crippen molar-refractivity contribution in [3.63, 3.8) is 0 Å². The molecule has 0 aromatic heterocycles. The molecule has 10 heteroatoms. The number of rotatable bonds is 15. The fourth-order valence-corrected chi connectivity index (χ4v) is 2.41. The van der Waals surface area contributed by atoms with E-state index in [1.165, 1.54) is 44.9 Å². The summed E-state index contributed by atoms with van der Waals surface area (Å²) in [6.45, 7) is 2.21. The van der Waals surface area contributed by atoms with Crippen LogP contribution in [0.4, 0.5) is 0 Å². The molecule has 1 atom stereocenters. The first-order valence-corrected chi connectivity index (χ1v) is 11.1. The Labute approximate surface area is 167 Å². The van der Waals surface area contributed by atoms with Gasteiger partial charge in [0, 0.05) is 6.42 Å². The van der Waals surface area contributed by atoms with Crippen LogP contribution in [0.2, 0.25) is 0 Å². The fourth-order valence-electron chi connectivity index (χ4n) is 2.41. The lowest BCUT2D eigenvalue weighted by atomic mass is 10.1. The summed E-state index contributed by atoms with van der Waals surface area (Å²) < 4.78 is 13.2. The van der Waals surface area contributed by atoms with Gasteiger partial charge in [-0.05, 0) is 6.42 Å². The van der Waals surface area contributed by atoms with Crippen molar-refractivity contribution in [2.75, 3.05) is 0 Å². The summed E-state index contributed by atoms with van der Waals surface area (Å²) in [4.78, 5) is 47.3. The molecule has 0 radical (unpaired) electrons. The Morgan fingerprint density at radius 2 is 1.25 bits per heavy atom. The van der Waals surface area contributed by atoms with Crippen LogP contribution in [0, 0.1) is 0 Å². The standard InChI is InChI=1S/C18H32O6.H3O3P/c1-2-3-4-5-6-7-8-9-10-11-12-13-17(22)24-18(23)15(19)14-16(20)21;1-4(2)3/h15,19H,2-14H2,1H3,(H,20,21);4H,(H2,1,2,3). The van der Waals surface area contributed by atoms with Gasteiger partial charge in [0.25, 0.3) is 0 Å². The molecule has 0 spiro atoms. The lowest BCUT2D eigenvalue weighted by Gasteiger charge is -2.07. The van der Waals surface area contributed by atoms with Gasteiger partial charge in [-0.1, -0.05) is 71.1 Å². The monoisotopic (exact) mass is 426 g/mol. The molecule has 0 amide bonds. The molecule has 4 N–H and O–H groups in total. The number of aliphatic carboxylic acids is 1. The number of carbonyl (C=O) groups excluding carboxylic acids is 2. The first kappa shape index (κ1) is 28.9. The van der Waals surface area contributed by atoms with Crippen LogP contribution in [0.1, 0.15) is 90.4 Å². The summed E-state index contributed by atoms with van der Waals surface area (Å²) in [6, 6.07) is 0. The number of carboxylic acids is 1. The van der Waals surface area contributed by atoms with Gasteiger partial charge < -0.3 is 24.7 Å². The molecule has 166 valence electrons. The molecule has 0 saturated carbocycles. The molecule has 0 heterocycles. The lowest BCUT2D eigenvalue weighted by Crippen LogP contribution is -2.28. The van der Waals surface area contributed by atoms with Crippen molar-refractivity contribution < 1.29 is 43.7 Å². The minimum Gasteiger partial charge on any atom is -0.481 e. The molecular weight excluding hydrogens is 391 g/mol. The van der Waals surface area contributed by atoms with Gasteiger partial charge in [0.15, 0.2) is 6.10 Å². The van der Waals surface area contributed by atoms with Gasteiger partial charge in [-0.15, -0.1) is 0 Å². The number of carboxylic acid groups (broad SMARTS) is 1. The highest BCUT2D eigenvalue weighted by Crippen LogP contribution is 2.12. The summed E-state index contributed by atoms with van der Waals surface area (Å²) in [6.07, 6.45) is 10.3. The smallest absolute Gasteiger partial charge is 0.343 e. The van der Waals surface area contributed by atoms with Crippen molar-refractivity contribution in [3.8, 4) is 0 Å². The minimum absolute atomic E-state index is 0.114. The molecule has 0 aromatic carbocycles. The number of ether oxygens (including phenoxy) is 1. The normalized spacial score (nSPS) is 11.5. The Morgan fingerprint density at radius 1 is 0.857 bits per heavy atom. The van der Waals surface area contributed by atoms with Gasteiger partial charge in [0.05, 0.1) is 6.42 Å². The third-order valence-corrected chi connectivity index (χ3v) is 3.84. The Kier molecular flexibility index (Phi) is 21.1. The fraction of sp³-hybridized carbons (Fsp3) is 0.833. The van der Waals surface area contributed by atoms with E-state index in [9.17, 15) is 19.5 Å². The van der Waals surface area contributed by atoms with Crippen LogP contribution in [0.5, 0.6) is 0 Å². The van der Waals surface area contributed by atoms with E-state index in [2.05, 4.69) is 11.7 Å². The molecule has 0 fully saturated rings. The van der Waals surface area contributed by atoms with E-state index < -0.39 is 38.7 Å². The van der Waals surface area contributed by atoms with Gasteiger partial charge in [-0.3, -0.25) is 14.2 Å². The zero-order chi connectivity index (χ0) is 21.8. The average Bonchev–Trinajstić information content (AvgIpc) is 2.58. The molecule has 0 aliphatic heterocycles. The molecule has 0 aliphatic carbocycles.